The topological polar surface area (TPSA) is 49.4 Å². The summed E-state index contributed by atoms with van der Waals surface area (Å²) in [6.45, 7) is 1.10. The molecule has 2 aromatic carbocycles. The fourth-order valence-electron chi connectivity index (χ4n) is 2.91. The Labute approximate surface area is 142 Å². The summed E-state index contributed by atoms with van der Waals surface area (Å²) < 4.78 is 39.4. The standard InChI is InChI=1S/C18H15F3N2O2/c1-17(13-8-3-2-4-9-13)15(24)23(16(25)22-17)11-12-7-5-6-10-14(12)18(19,20)21/h2-10H,11H2,1H3,(H,22,25)/t17-/m0/s1. The molecule has 3 amide bonds. The SMILES string of the molecule is C[C@@]1(c2ccccc2)NC(=O)N(Cc2ccccc2C(F)(F)F)C1=O. The van der Waals surface area contributed by atoms with E-state index in [0.29, 0.717) is 5.56 Å². The van der Waals surface area contributed by atoms with Gasteiger partial charge in [0.1, 0.15) is 5.54 Å². The van der Waals surface area contributed by atoms with Crippen LogP contribution < -0.4 is 5.32 Å². The minimum absolute atomic E-state index is 0.129. The van der Waals surface area contributed by atoms with Crippen LogP contribution in [0.25, 0.3) is 0 Å². The van der Waals surface area contributed by atoms with Crippen LogP contribution in [0.15, 0.2) is 54.6 Å². The van der Waals surface area contributed by atoms with E-state index in [1.54, 1.807) is 30.3 Å². The van der Waals surface area contributed by atoms with Crippen LogP contribution in [0.2, 0.25) is 0 Å². The second kappa shape index (κ2) is 5.91. The van der Waals surface area contributed by atoms with Gasteiger partial charge >= 0.3 is 12.2 Å². The first-order valence-electron chi connectivity index (χ1n) is 7.58. The molecular formula is C18H15F3N2O2. The molecule has 1 heterocycles. The highest BCUT2D eigenvalue weighted by atomic mass is 19.4. The molecule has 0 unspecified atom stereocenters. The van der Waals surface area contributed by atoms with Gasteiger partial charge in [0.15, 0.2) is 0 Å². The average Bonchev–Trinajstić information content (AvgIpc) is 2.79. The number of alkyl halides is 3. The number of carbonyl (C=O) groups excluding carboxylic acids is 2. The van der Waals surface area contributed by atoms with E-state index >= 15 is 0 Å². The van der Waals surface area contributed by atoms with Gasteiger partial charge in [-0.2, -0.15) is 13.2 Å². The third-order valence-electron chi connectivity index (χ3n) is 4.28. The molecule has 0 aromatic heterocycles. The molecule has 0 saturated carbocycles. The minimum atomic E-state index is -4.56. The van der Waals surface area contributed by atoms with E-state index in [1.807, 2.05) is 0 Å². The molecule has 2 aromatic rings. The Hall–Kier alpha value is -2.83. The van der Waals surface area contributed by atoms with Crippen LogP contribution in [0, 0.1) is 0 Å². The molecule has 130 valence electrons. The van der Waals surface area contributed by atoms with E-state index in [-0.39, 0.29) is 5.56 Å². The third-order valence-corrected chi connectivity index (χ3v) is 4.28. The van der Waals surface area contributed by atoms with Crippen LogP contribution >= 0.6 is 0 Å². The Bertz CT molecular complexity index is 821. The Morgan fingerprint density at radius 1 is 1.00 bits per heavy atom. The van der Waals surface area contributed by atoms with Crippen molar-refractivity contribution in [3.8, 4) is 0 Å². The molecule has 0 radical (unpaired) electrons. The normalized spacial score (nSPS) is 20.7. The smallest absolute Gasteiger partial charge is 0.319 e. The van der Waals surface area contributed by atoms with Crippen molar-refractivity contribution in [1.29, 1.82) is 0 Å². The molecule has 0 spiro atoms. The number of imide groups is 1. The van der Waals surface area contributed by atoms with E-state index < -0.39 is 35.8 Å². The summed E-state index contributed by atoms with van der Waals surface area (Å²) in [6.07, 6.45) is -4.56. The number of benzene rings is 2. The zero-order chi connectivity index (χ0) is 18.2. The fourth-order valence-corrected chi connectivity index (χ4v) is 2.91. The van der Waals surface area contributed by atoms with Crippen LogP contribution in [0.5, 0.6) is 0 Å². The molecule has 3 rings (SSSR count). The van der Waals surface area contributed by atoms with Gasteiger partial charge in [-0.3, -0.25) is 9.69 Å². The molecule has 4 nitrogen and oxygen atoms in total. The predicted molar refractivity (Wildman–Crippen MR) is 84.3 cm³/mol. The number of rotatable bonds is 3. The molecule has 0 aliphatic carbocycles. The van der Waals surface area contributed by atoms with Crippen molar-refractivity contribution < 1.29 is 22.8 Å². The highest BCUT2D eigenvalue weighted by Crippen LogP contribution is 2.34. The third kappa shape index (κ3) is 2.97. The van der Waals surface area contributed by atoms with Gasteiger partial charge in [-0.25, -0.2) is 4.79 Å². The van der Waals surface area contributed by atoms with Gasteiger partial charge < -0.3 is 5.32 Å². The van der Waals surface area contributed by atoms with E-state index in [9.17, 15) is 22.8 Å². The zero-order valence-corrected chi connectivity index (χ0v) is 13.3. The molecule has 0 bridgehead atoms. The Balaban J connectivity index is 1.93. The molecule has 1 atom stereocenters. The fraction of sp³-hybridized carbons (Fsp3) is 0.222. The van der Waals surface area contributed by atoms with E-state index in [1.165, 1.54) is 25.1 Å². The number of carbonyl (C=O) groups is 2. The summed E-state index contributed by atoms with van der Waals surface area (Å²) in [5, 5.41) is 2.58. The Morgan fingerprint density at radius 2 is 1.60 bits per heavy atom. The number of halogens is 3. The lowest BCUT2D eigenvalue weighted by Crippen LogP contribution is -2.40. The lowest BCUT2D eigenvalue weighted by molar-refractivity contribution is -0.139. The molecule has 7 heteroatoms. The monoisotopic (exact) mass is 348 g/mol. The molecular weight excluding hydrogens is 333 g/mol. The number of nitrogens with one attached hydrogen (secondary N) is 1. The van der Waals surface area contributed by atoms with Crippen LogP contribution in [-0.4, -0.2) is 16.8 Å². The highest BCUT2D eigenvalue weighted by Gasteiger charge is 2.49. The molecule has 1 aliphatic rings. The van der Waals surface area contributed by atoms with Gasteiger partial charge in [-0.1, -0.05) is 48.5 Å². The number of amides is 3. The first-order chi connectivity index (χ1) is 11.7. The van der Waals surface area contributed by atoms with Crippen molar-refractivity contribution in [3.05, 3.63) is 71.3 Å². The quantitative estimate of drug-likeness (QED) is 0.861. The van der Waals surface area contributed by atoms with Gasteiger partial charge in [0.25, 0.3) is 5.91 Å². The highest BCUT2D eigenvalue weighted by molar-refractivity contribution is 6.07. The average molecular weight is 348 g/mol. The molecule has 1 fully saturated rings. The van der Waals surface area contributed by atoms with Gasteiger partial charge in [0, 0.05) is 0 Å². The van der Waals surface area contributed by atoms with Crippen LogP contribution in [0.3, 0.4) is 0 Å². The van der Waals surface area contributed by atoms with Crippen molar-refractivity contribution in [2.24, 2.45) is 0 Å². The number of nitrogens with zero attached hydrogens (tertiary/aromatic N) is 1. The maximum Gasteiger partial charge on any atom is 0.416 e. The summed E-state index contributed by atoms with van der Waals surface area (Å²) >= 11 is 0. The van der Waals surface area contributed by atoms with E-state index in [2.05, 4.69) is 5.32 Å². The van der Waals surface area contributed by atoms with Crippen LogP contribution in [0.4, 0.5) is 18.0 Å². The summed E-state index contributed by atoms with van der Waals surface area (Å²) in [6, 6.07) is 12.8. The lowest BCUT2D eigenvalue weighted by Gasteiger charge is -2.22. The summed E-state index contributed by atoms with van der Waals surface area (Å²) in [5.74, 6) is -0.583. The second-order valence-corrected chi connectivity index (χ2v) is 5.97. The second-order valence-electron chi connectivity index (χ2n) is 5.97. The van der Waals surface area contributed by atoms with Gasteiger partial charge in [0.05, 0.1) is 12.1 Å². The molecule has 1 N–H and O–H groups in total. The van der Waals surface area contributed by atoms with Gasteiger partial charge in [-0.05, 0) is 24.1 Å². The van der Waals surface area contributed by atoms with Crippen molar-refractivity contribution >= 4 is 11.9 Å². The van der Waals surface area contributed by atoms with Crippen LogP contribution in [-0.2, 0) is 23.1 Å². The number of hydrogen-bond acceptors (Lipinski definition) is 2. The number of urea groups is 1. The summed E-state index contributed by atoms with van der Waals surface area (Å²) in [7, 11) is 0. The van der Waals surface area contributed by atoms with Crippen LogP contribution in [0.1, 0.15) is 23.6 Å². The predicted octanol–water partition coefficient (Wildman–Crippen LogP) is 3.67. The summed E-state index contributed by atoms with van der Waals surface area (Å²) in [4.78, 5) is 25.8. The largest absolute Gasteiger partial charge is 0.416 e. The maximum absolute atomic E-state index is 13.1. The molecule has 1 aliphatic heterocycles. The van der Waals surface area contributed by atoms with Gasteiger partial charge in [0.2, 0.25) is 0 Å². The minimum Gasteiger partial charge on any atom is -0.319 e. The van der Waals surface area contributed by atoms with E-state index in [4.69, 9.17) is 0 Å². The van der Waals surface area contributed by atoms with Gasteiger partial charge in [-0.15, -0.1) is 0 Å². The van der Waals surface area contributed by atoms with Crippen molar-refractivity contribution in [2.45, 2.75) is 25.2 Å². The molecule has 1 saturated heterocycles. The first kappa shape index (κ1) is 17.0. The van der Waals surface area contributed by atoms with Crippen molar-refractivity contribution in [1.82, 2.24) is 10.2 Å². The zero-order valence-electron chi connectivity index (χ0n) is 13.3. The van der Waals surface area contributed by atoms with E-state index in [0.717, 1.165) is 11.0 Å². The number of hydrogen-bond donors (Lipinski definition) is 1. The molecule has 25 heavy (non-hydrogen) atoms. The summed E-state index contributed by atoms with van der Waals surface area (Å²) in [5.41, 5.74) is -1.72. The Kier molecular flexibility index (Phi) is 4.02. The van der Waals surface area contributed by atoms with Crippen molar-refractivity contribution in [2.75, 3.05) is 0 Å². The van der Waals surface area contributed by atoms with Crippen molar-refractivity contribution in [3.63, 3.8) is 0 Å². The lowest BCUT2D eigenvalue weighted by atomic mass is 9.92. The maximum atomic E-state index is 13.1. The first-order valence-corrected chi connectivity index (χ1v) is 7.58. The Morgan fingerprint density at radius 3 is 2.24 bits per heavy atom.